The highest BCUT2D eigenvalue weighted by atomic mass is 32.2. The van der Waals surface area contributed by atoms with Crippen LogP contribution >= 0.6 is 11.8 Å². The Morgan fingerprint density at radius 1 is 1.09 bits per heavy atom. The molecule has 0 aliphatic carbocycles. The highest BCUT2D eigenvalue weighted by molar-refractivity contribution is 7.99. The van der Waals surface area contributed by atoms with E-state index >= 15 is 0 Å². The summed E-state index contributed by atoms with van der Waals surface area (Å²) in [6.45, 7) is 3.87. The molecule has 184 valence electrons. The number of benzene rings is 2. The van der Waals surface area contributed by atoms with Crippen LogP contribution in [0, 0.1) is 5.92 Å². The number of para-hydroxylation sites is 1. The van der Waals surface area contributed by atoms with Crippen molar-refractivity contribution in [1.82, 2.24) is 4.90 Å². The number of carbonyl (C=O) groups is 1. The second-order valence-corrected chi connectivity index (χ2v) is 10.1. The molecule has 2 aromatic carbocycles. The van der Waals surface area contributed by atoms with Crippen LogP contribution in [0.1, 0.15) is 6.92 Å². The van der Waals surface area contributed by atoms with Crippen LogP contribution in [-0.2, 0) is 9.53 Å². The third kappa shape index (κ3) is 5.02. The Morgan fingerprint density at radius 2 is 1.79 bits per heavy atom. The Balaban J connectivity index is 1.62. The zero-order chi connectivity index (χ0) is 24.6. The molecule has 0 unspecified atom stereocenters. The van der Waals surface area contributed by atoms with Gasteiger partial charge in [-0.05, 0) is 44.3 Å². The Bertz CT molecular complexity index is 1040. The summed E-state index contributed by atoms with van der Waals surface area (Å²) < 4.78 is 11.1. The number of aliphatic hydroxyl groups is 3. The number of nitrogens with zero attached hydrogens (tertiary/aromatic N) is 2. The molecular weight excluding hydrogens is 460 g/mol. The maximum absolute atomic E-state index is 11.4. The van der Waals surface area contributed by atoms with E-state index in [2.05, 4.69) is 28.9 Å². The second-order valence-electron chi connectivity index (χ2n) is 9.03. The highest BCUT2D eigenvalue weighted by Gasteiger charge is 2.48. The number of hydrogen-bond donors (Lipinski definition) is 4. The van der Waals surface area contributed by atoms with Crippen LogP contribution in [-0.4, -0.2) is 89.2 Å². The Hall–Kier alpha value is -2.34. The van der Waals surface area contributed by atoms with Gasteiger partial charge in [-0.1, -0.05) is 30.8 Å². The van der Waals surface area contributed by atoms with Gasteiger partial charge in [0.05, 0.1) is 11.4 Å². The highest BCUT2D eigenvalue weighted by Crippen LogP contribution is 2.49. The number of anilines is 2. The molecule has 34 heavy (non-hydrogen) atoms. The minimum absolute atomic E-state index is 0.348. The summed E-state index contributed by atoms with van der Waals surface area (Å²) in [4.78, 5) is 18.0. The van der Waals surface area contributed by atoms with E-state index in [4.69, 9.17) is 9.47 Å². The minimum Gasteiger partial charge on any atom is -0.479 e. The molecule has 0 radical (unpaired) electrons. The number of carboxylic acid groups (broad SMARTS) is 1. The van der Waals surface area contributed by atoms with Gasteiger partial charge in [-0.25, -0.2) is 4.79 Å². The van der Waals surface area contributed by atoms with Crippen molar-refractivity contribution < 1.29 is 34.7 Å². The number of ether oxygens (including phenoxy) is 2. The van der Waals surface area contributed by atoms with Crippen molar-refractivity contribution in [2.45, 2.75) is 47.4 Å². The van der Waals surface area contributed by atoms with Crippen molar-refractivity contribution >= 4 is 29.1 Å². The Labute approximate surface area is 202 Å². The number of aliphatic carboxylic acids is 1. The molecule has 2 aromatic rings. The van der Waals surface area contributed by atoms with E-state index in [1.165, 1.54) is 0 Å². The molecule has 0 aromatic heterocycles. The summed E-state index contributed by atoms with van der Waals surface area (Å²) in [5, 5.41) is 39.6. The Morgan fingerprint density at radius 3 is 2.50 bits per heavy atom. The molecule has 4 N–H and O–H groups in total. The first-order valence-electron chi connectivity index (χ1n) is 11.1. The van der Waals surface area contributed by atoms with E-state index in [1.807, 2.05) is 38.4 Å². The van der Waals surface area contributed by atoms with Crippen LogP contribution in [0.2, 0.25) is 0 Å². The van der Waals surface area contributed by atoms with Crippen LogP contribution in [0.25, 0.3) is 0 Å². The molecule has 10 heteroatoms. The summed E-state index contributed by atoms with van der Waals surface area (Å²) in [5.74, 6) is -0.743. The maximum Gasteiger partial charge on any atom is 0.335 e. The van der Waals surface area contributed by atoms with Crippen LogP contribution in [0.3, 0.4) is 0 Å². The third-order valence-electron chi connectivity index (χ3n) is 5.83. The van der Waals surface area contributed by atoms with Crippen molar-refractivity contribution in [3.8, 4) is 5.75 Å². The van der Waals surface area contributed by atoms with Gasteiger partial charge in [-0.15, -0.1) is 0 Å². The van der Waals surface area contributed by atoms with Crippen LogP contribution < -0.4 is 9.64 Å². The molecule has 2 aliphatic heterocycles. The van der Waals surface area contributed by atoms with Crippen molar-refractivity contribution in [3.05, 3.63) is 42.5 Å². The van der Waals surface area contributed by atoms with E-state index in [0.29, 0.717) is 11.7 Å². The van der Waals surface area contributed by atoms with Gasteiger partial charge in [-0.2, -0.15) is 0 Å². The minimum atomic E-state index is -1.77. The van der Waals surface area contributed by atoms with E-state index < -0.39 is 36.7 Å². The smallest absolute Gasteiger partial charge is 0.335 e. The average Bonchev–Trinajstić information content (AvgIpc) is 2.78. The number of fused-ring (bicyclic) bond motifs is 2. The molecule has 0 saturated carbocycles. The number of carboxylic acids is 1. The lowest BCUT2D eigenvalue weighted by Gasteiger charge is -2.39. The van der Waals surface area contributed by atoms with Crippen LogP contribution in [0.5, 0.6) is 5.75 Å². The molecule has 1 fully saturated rings. The van der Waals surface area contributed by atoms with Crippen molar-refractivity contribution in [2.24, 2.45) is 5.92 Å². The topological polar surface area (TPSA) is 123 Å². The fourth-order valence-electron chi connectivity index (χ4n) is 4.36. The molecule has 1 saturated heterocycles. The monoisotopic (exact) mass is 490 g/mol. The molecule has 2 heterocycles. The molecule has 0 amide bonds. The quantitative estimate of drug-likeness (QED) is 0.457. The summed E-state index contributed by atoms with van der Waals surface area (Å²) in [5.41, 5.74) is 2.01. The normalized spacial score (nSPS) is 27.1. The van der Waals surface area contributed by atoms with Crippen LogP contribution in [0.15, 0.2) is 52.3 Å². The first-order valence-corrected chi connectivity index (χ1v) is 11.9. The summed E-state index contributed by atoms with van der Waals surface area (Å²) >= 11 is 1.65. The van der Waals surface area contributed by atoms with E-state index in [0.717, 1.165) is 34.3 Å². The largest absolute Gasteiger partial charge is 0.479 e. The predicted octanol–water partition coefficient (Wildman–Crippen LogP) is 1.76. The zero-order valence-electron chi connectivity index (χ0n) is 19.2. The van der Waals surface area contributed by atoms with Gasteiger partial charge in [0.1, 0.15) is 24.1 Å². The summed E-state index contributed by atoms with van der Waals surface area (Å²) in [7, 11) is 4.09. The van der Waals surface area contributed by atoms with Crippen molar-refractivity contribution in [3.63, 3.8) is 0 Å². The van der Waals surface area contributed by atoms with E-state index in [9.17, 15) is 25.2 Å². The lowest BCUT2D eigenvalue weighted by atomic mass is 9.99. The standard InChI is InChI=1S/C24H30N2O7S/c1-13(11-25(2)3)12-26-15-6-4-5-7-17(15)34-18-9-8-14(10-16(18)26)32-24-21(29)19(27)20(28)22(33-24)23(30)31/h4-10,13,19-22,24,27-29H,11-12H2,1-3H3,(H,30,31)/t13-,19+,20+,21-,22+,24-/m1/s1. The predicted molar refractivity (Wildman–Crippen MR) is 127 cm³/mol. The average molecular weight is 491 g/mol. The number of hydrogen-bond acceptors (Lipinski definition) is 9. The Kier molecular flexibility index (Phi) is 7.36. The van der Waals surface area contributed by atoms with Crippen molar-refractivity contribution in [2.75, 3.05) is 32.1 Å². The zero-order valence-corrected chi connectivity index (χ0v) is 20.1. The van der Waals surface area contributed by atoms with Crippen LogP contribution in [0.4, 0.5) is 11.4 Å². The molecule has 0 bridgehead atoms. The first kappa shape index (κ1) is 24.8. The van der Waals surface area contributed by atoms with Gasteiger partial charge in [0, 0.05) is 28.9 Å². The van der Waals surface area contributed by atoms with E-state index in [1.54, 1.807) is 17.8 Å². The molecule has 0 spiro atoms. The molecular formula is C24H30N2O7S. The van der Waals surface area contributed by atoms with Gasteiger partial charge in [-0.3, -0.25) is 0 Å². The lowest BCUT2D eigenvalue weighted by Crippen LogP contribution is -2.61. The van der Waals surface area contributed by atoms with Crippen molar-refractivity contribution in [1.29, 1.82) is 0 Å². The SMILES string of the molecule is C[C@H](CN(C)C)CN1c2ccccc2Sc2ccc(O[C@@H]3O[C@H](C(=O)O)[C@@H](O)[C@H](O)[C@H]3O)cc21. The molecule has 4 rings (SSSR count). The van der Waals surface area contributed by atoms with Gasteiger partial charge in [0.2, 0.25) is 6.29 Å². The maximum atomic E-state index is 11.4. The number of rotatable bonds is 7. The van der Waals surface area contributed by atoms with Gasteiger partial charge in [0.25, 0.3) is 0 Å². The first-order chi connectivity index (χ1) is 16.2. The van der Waals surface area contributed by atoms with E-state index in [-0.39, 0.29) is 0 Å². The second kappa shape index (κ2) is 10.1. The molecule has 2 aliphatic rings. The summed E-state index contributed by atoms with van der Waals surface area (Å²) in [6, 6.07) is 13.6. The number of aliphatic hydroxyl groups excluding tert-OH is 3. The fourth-order valence-corrected chi connectivity index (χ4v) is 5.43. The molecule has 6 atom stereocenters. The third-order valence-corrected chi connectivity index (χ3v) is 6.96. The van der Waals surface area contributed by atoms with Gasteiger partial charge in [0.15, 0.2) is 6.10 Å². The summed E-state index contributed by atoms with van der Waals surface area (Å²) in [6.07, 6.45) is -8.28. The lowest BCUT2D eigenvalue weighted by molar-refractivity contribution is -0.271. The molecule has 9 nitrogen and oxygen atoms in total. The fraction of sp³-hybridized carbons (Fsp3) is 0.458. The van der Waals surface area contributed by atoms with Gasteiger partial charge < -0.3 is 39.7 Å². The van der Waals surface area contributed by atoms with Gasteiger partial charge >= 0.3 is 5.97 Å².